The topological polar surface area (TPSA) is 61.8 Å². The van der Waals surface area contributed by atoms with E-state index in [1.54, 1.807) is 0 Å². The molecule has 0 N–H and O–H groups in total. The van der Waals surface area contributed by atoms with Crippen molar-refractivity contribution in [1.29, 1.82) is 0 Å². The fourth-order valence-corrected chi connectivity index (χ4v) is 9.77. The SMILES string of the molecule is CCCCC/C=C\C/C=C\CCCCCCCCCCCC(=O)OCC(COCCCCCCCCCC/C=C\CCCCCCCC)OC(=O)CCCCCCCCCCCCCCCCCCCCC. The standard InChI is InChI=1S/C67H126O5/c1-4-7-10-13-16-19-22-25-28-31-34-36-39-42-45-48-51-54-57-60-66(68)71-64-65(63-70-62-59-56-53-50-47-44-41-38-33-30-27-24-21-18-15-12-9-6-3)72-67(69)61-58-55-52-49-46-43-40-37-35-32-29-26-23-20-17-14-11-8-5-2/h16,19,25,27-28,30,65H,4-15,17-18,20-24,26,29,31-64H2,1-3H3/b19-16-,28-25-,30-27-. The molecule has 0 heterocycles. The first-order valence-electron chi connectivity index (χ1n) is 32.5. The quantitative estimate of drug-likeness (QED) is 0.0345. The zero-order valence-corrected chi connectivity index (χ0v) is 49.0. The minimum atomic E-state index is -0.537. The van der Waals surface area contributed by atoms with Crippen LogP contribution in [0.1, 0.15) is 355 Å². The molecule has 0 aromatic carbocycles. The Morgan fingerprint density at radius 1 is 0.306 bits per heavy atom. The molecule has 0 aliphatic rings. The zero-order chi connectivity index (χ0) is 52.0. The van der Waals surface area contributed by atoms with E-state index in [0.717, 1.165) is 44.9 Å². The Balaban J connectivity index is 4.24. The van der Waals surface area contributed by atoms with Crippen LogP contribution < -0.4 is 0 Å². The number of ether oxygens (including phenoxy) is 3. The molecule has 5 heteroatoms. The van der Waals surface area contributed by atoms with Crippen molar-refractivity contribution in [2.24, 2.45) is 0 Å². The highest BCUT2D eigenvalue weighted by atomic mass is 16.6. The Morgan fingerprint density at radius 2 is 0.583 bits per heavy atom. The summed E-state index contributed by atoms with van der Waals surface area (Å²) < 4.78 is 17.6. The van der Waals surface area contributed by atoms with Crippen LogP contribution in [0.3, 0.4) is 0 Å². The summed E-state index contributed by atoms with van der Waals surface area (Å²) in [6, 6.07) is 0. The molecule has 0 aliphatic carbocycles. The van der Waals surface area contributed by atoms with Gasteiger partial charge in [-0.3, -0.25) is 9.59 Å². The van der Waals surface area contributed by atoms with E-state index in [0.29, 0.717) is 26.1 Å². The fraction of sp³-hybridized carbons (Fsp3) is 0.881. The van der Waals surface area contributed by atoms with Gasteiger partial charge in [0, 0.05) is 19.4 Å². The Kier molecular flexibility index (Phi) is 61.8. The van der Waals surface area contributed by atoms with Crippen molar-refractivity contribution in [1.82, 2.24) is 0 Å². The Hall–Kier alpha value is -1.88. The second-order valence-electron chi connectivity index (χ2n) is 22.0. The van der Waals surface area contributed by atoms with Crippen LogP contribution >= 0.6 is 0 Å². The number of unbranched alkanes of at least 4 members (excludes halogenated alkanes) is 44. The third kappa shape index (κ3) is 60.7. The van der Waals surface area contributed by atoms with Crippen molar-refractivity contribution in [3.63, 3.8) is 0 Å². The van der Waals surface area contributed by atoms with Gasteiger partial charge in [0.25, 0.3) is 0 Å². The van der Waals surface area contributed by atoms with Crippen LogP contribution in [-0.4, -0.2) is 37.9 Å². The summed E-state index contributed by atoms with van der Waals surface area (Å²) >= 11 is 0. The van der Waals surface area contributed by atoms with E-state index < -0.39 is 6.10 Å². The van der Waals surface area contributed by atoms with Gasteiger partial charge >= 0.3 is 11.9 Å². The van der Waals surface area contributed by atoms with Crippen molar-refractivity contribution in [3.05, 3.63) is 36.5 Å². The molecule has 424 valence electrons. The van der Waals surface area contributed by atoms with Gasteiger partial charge in [-0.05, 0) is 77.0 Å². The number of carbonyl (C=O) groups excluding carboxylic acids is 2. The molecule has 0 fully saturated rings. The van der Waals surface area contributed by atoms with E-state index in [9.17, 15) is 9.59 Å². The van der Waals surface area contributed by atoms with Crippen LogP contribution in [0.15, 0.2) is 36.5 Å². The average Bonchev–Trinajstić information content (AvgIpc) is 3.38. The predicted molar refractivity (Wildman–Crippen MR) is 316 cm³/mol. The summed E-state index contributed by atoms with van der Waals surface area (Å²) in [5.41, 5.74) is 0. The summed E-state index contributed by atoms with van der Waals surface area (Å²) in [5.74, 6) is -0.379. The van der Waals surface area contributed by atoms with Gasteiger partial charge in [0.15, 0.2) is 6.10 Å². The first-order chi connectivity index (χ1) is 35.6. The normalized spacial score (nSPS) is 12.3. The second kappa shape index (κ2) is 63.4. The van der Waals surface area contributed by atoms with Gasteiger partial charge in [0.2, 0.25) is 0 Å². The van der Waals surface area contributed by atoms with Crippen molar-refractivity contribution in [3.8, 4) is 0 Å². The maximum absolute atomic E-state index is 12.9. The largest absolute Gasteiger partial charge is 0.462 e. The zero-order valence-electron chi connectivity index (χ0n) is 49.0. The molecule has 0 spiro atoms. The van der Waals surface area contributed by atoms with Crippen molar-refractivity contribution >= 4 is 11.9 Å². The lowest BCUT2D eigenvalue weighted by atomic mass is 10.0. The van der Waals surface area contributed by atoms with E-state index >= 15 is 0 Å². The highest BCUT2D eigenvalue weighted by Gasteiger charge is 2.18. The molecule has 72 heavy (non-hydrogen) atoms. The van der Waals surface area contributed by atoms with Gasteiger partial charge in [-0.15, -0.1) is 0 Å². The van der Waals surface area contributed by atoms with Crippen LogP contribution in [0, 0.1) is 0 Å². The monoisotopic (exact) mass is 1010 g/mol. The highest BCUT2D eigenvalue weighted by molar-refractivity contribution is 5.70. The maximum Gasteiger partial charge on any atom is 0.306 e. The van der Waals surface area contributed by atoms with Crippen LogP contribution in [0.5, 0.6) is 0 Å². The first kappa shape index (κ1) is 70.1. The molecule has 0 amide bonds. The van der Waals surface area contributed by atoms with Crippen LogP contribution in [0.4, 0.5) is 0 Å². The van der Waals surface area contributed by atoms with E-state index in [1.807, 2.05) is 0 Å². The molecule has 1 unspecified atom stereocenters. The van der Waals surface area contributed by atoms with Crippen LogP contribution in [-0.2, 0) is 23.8 Å². The summed E-state index contributed by atoms with van der Waals surface area (Å²) in [4.78, 5) is 25.6. The number of hydrogen-bond acceptors (Lipinski definition) is 5. The van der Waals surface area contributed by atoms with Gasteiger partial charge in [0.1, 0.15) is 6.61 Å². The van der Waals surface area contributed by atoms with Gasteiger partial charge in [-0.2, -0.15) is 0 Å². The van der Waals surface area contributed by atoms with Gasteiger partial charge in [0.05, 0.1) is 6.61 Å². The second-order valence-corrected chi connectivity index (χ2v) is 22.0. The maximum atomic E-state index is 12.9. The Morgan fingerprint density at radius 3 is 0.958 bits per heavy atom. The van der Waals surface area contributed by atoms with Crippen molar-refractivity contribution < 1.29 is 23.8 Å². The summed E-state index contributed by atoms with van der Waals surface area (Å²) in [6.07, 6.45) is 79.0. The lowest BCUT2D eigenvalue weighted by Gasteiger charge is -2.18. The van der Waals surface area contributed by atoms with E-state index in [-0.39, 0.29) is 18.5 Å². The first-order valence-corrected chi connectivity index (χ1v) is 32.5. The summed E-state index contributed by atoms with van der Waals surface area (Å²) in [7, 11) is 0. The van der Waals surface area contributed by atoms with Gasteiger partial charge in [-0.1, -0.05) is 301 Å². The summed E-state index contributed by atoms with van der Waals surface area (Å²) in [5, 5.41) is 0. The lowest BCUT2D eigenvalue weighted by Crippen LogP contribution is -2.30. The van der Waals surface area contributed by atoms with Gasteiger partial charge in [-0.25, -0.2) is 0 Å². The van der Waals surface area contributed by atoms with E-state index in [1.165, 1.54) is 276 Å². The number of rotatable bonds is 61. The molecule has 0 aromatic rings. The average molecular weight is 1010 g/mol. The molecule has 0 aromatic heterocycles. The van der Waals surface area contributed by atoms with Crippen LogP contribution in [0.2, 0.25) is 0 Å². The third-order valence-electron chi connectivity index (χ3n) is 14.6. The smallest absolute Gasteiger partial charge is 0.306 e. The van der Waals surface area contributed by atoms with Gasteiger partial charge < -0.3 is 14.2 Å². The molecule has 0 radical (unpaired) electrons. The Labute approximate surface area is 450 Å². The van der Waals surface area contributed by atoms with Crippen molar-refractivity contribution in [2.75, 3.05) is 19.8 Å². The van der Waals surface area contributed by atoms with Crippen molar-refractivity contribution in [2.45, 2.75) is 361 Å². The van der Waals surface area contributed by atoms with E-state index in [2.05, 4.69) is 57.2 Å². The number of esters is 2. The molecule has 5 nitrogen and oxygen atoms in total. The number of hydrogen-bond donors (Lipinski definition) is 0. The molecule has 0 saturated heterocycles. The molecular formula is C67H126O5. The third-order valence-corrected chi connectivity index (χ3v) is 14.6. The Bertz CT molecular complexity index is 1140. The highest BCUT2D eigenvalue weighted by Crippen LogP contribution is 2.17. The minimum absolute atomic E-state index is 0.0879. The fourth-order valence-electron chi connectivity index (χ4n) is 9.77. The molecular weight excluding hydrogens is 885 g/mol. The molecule has 1 atom stereocenters. The molecule has 0 aliphatic heterocycles. The minimum Gasteiger partial charge on any atom is -0.462 e. The number of allylic oxidation sites excluding steroid dienone is 6. The molecule has 0 saturated carbocycles. The number of carbonyl (C=O) groups is 2. The summed E-state index contributed by atoms with van der Waals surface area (Å²) in [6.45, 7) is 7.87. The van der Waals surface area contributed by atoms with Crippen LogP contribution in [0.25, 0.3) is 0 Å². The predicted octanol–water partition coefficient (Wildman–Crippen LogP) is 22.5. The van der Waals surface area contributed by atoms with E-state index in [4.69, 9.17) is 14.2 Å². The lowest BCUT2D eigenvalue weighted by molar-refractivity contribution is -0.163. The molecule has 0 rings (SSSR count). The molecule has 0 bridgehead atoms.